The van der Waals surface area contributed by atoms with E-state index in [4.69, 9.17) is 4.42 Å². The Balaban J connectivity index is 1.41. The number of aromatic nitrogens is 2. The van der Waals surface area contributed by atoms with Gasteiger partial charge in [-0.05, 0) is 24.3 Å². The molecule has 1 aromatic carbocycles. The van der Waals surface area contributed by atoms with Gasteiger partial charge in [0.1, 0.15) is 12.1 Å². The molecule has 0 aliphatic heterocycles. The lowest BCUT2D eigenvalue weighted by Gasteiger charge is -2.10. The standard InChI is InChI=1S/C19H19F4N5OS/c1-24-18(26-9-7-16-28-15(11-30-16)19(21,22)23)25-8-6-14-10-29-17(27-14)12-2-4-13(20)5-3-12/h2-5,10-11H,6-9H2,1H3,(H2,24,25,26). The molecule has 6 nitrogen and oxygen atoms in total. The number of thiazole rings is 1. The minimum atomic E-state index is -4.42. The number of nitrogens with one attached hydrogen (secondary N) is 2. The molecule has 0 unspecified atom stereocenters. The van der Waals surface area contributed by atoms with Gasteiger partial charge in [-0.15, -0.1) is 11.3 Å². The molecule has 0 saturated carbocycles. The maximum absolute atomic E-state index is 13.0. The van der Waals surface area contributed by atoms with Crippen molar-refractivity contribution in [3.05, 3.63) is 58.1 Å². The third-order valence-electron chi connectivity index (χ3n) is 4.01. The summed E-state index contributed by atoms with van der Waals surface area (Å²) in [7, 11) is 1.60. The van der Waals surface area contributed by atoms with Gasteiger partial charge in [0.25, 0.3) is 0 Å². The third-order valence-corrected chi connectivity index (χ3v) is 4.92. The van der Waals surface area contributed by atoms with Gasteiger partial charge in [0.05, 0.1) is 10.7 Å². The van der Waals surface area contributed by atoms with E-state index in [2.05, 4.69) is 25.6 Å². The number of oxazole rings is 1. The zero-order chi connectivity index (χ0) is 21.6. The molecule has 3 rings (SSSR count). The van der Waals surface area contributed by atoms with E-state index in [1.165, 1.54) is 18.4 Å². The summed E-state index contributed by atoms with van der Waals surface area (Å²) < 4.78 is 56.1. The lowest BCUT2D eigenvalue weighted by Crippen LogP contribution is -2.39. The number of nitrogens with zero attached hydrogens (tertiary/aromatic N) is 3. The molecule has 11 heteroatoms. The van der Waals surface area contributed by atoms with Crippen LogP contribution in [-0.4, -0.2) is 36.1 Å². The van der Waals surface area contributed by atoms with Crippen LogP contribution in [0.3, 0.4) is 0 Å². The van der Waals surface area contributed by atoms with Gasteiger partial charge in [-0.25, -0.2) is 14.4 Å². The Kier molecular flexibility index (Phi) is 7.03. The molecule has 0 aliphatic carbocycles. The second-order valence-electron chi connectivity index (χ2n) is 6.20. The van der Waals surface area contributed by atoms with Crippen molar-refractivity contribution in [2.75, 3.05) is 20.1 Å². The van der Waals surface area contributed by atoms with Gasteiger partial charge in [-0.2, -0.15) is 13.2 Å². The molecule has 2 N–H and O–H groups in total. The monoisotopic (exact) mass is 441 g/mol. The molecule has 0 fully saturated rings. The van der Waals surface area contributed by atoms with Crippen molar-refractivity contribution in [2.45, 2.75) is 19.0 Å². The SMILES string of the molecule is CN=C(NCCc1coc(-c2ccc(F)cc2)n1)NCCc1nc(C(F)(F)F)cs1. The lowest BCUT2D eigenvalue weighted by atomic mass is 10.2. The second kappa shape index (κ2) is 9.70. The van der Waals surface area contributed by atoms with E-state index in [1.54, 1.807) is 19.2 Å². The van der Waals surface area contributed by atoms with E-state index in [0.29, 0.717) is 48.4 Å². The van der Waals surface area contributed by atoms with Gasteiger partial charge in [0.2, 0.25) is 5.89 Å². The van der Waals surface area contributed by atoms with Crippen LogP contribution in [0.5, 0.6) is 0 Å². The van der Waals surface area contributed by atoms with Crippen molar-refractivity contribution < 1.29 is 22.0 Å². The van der Waals surface area contributed by atoms with E-state index in [1.807, 2.05) is 0 Å². The topological polar surface area (TPSA) is 75.3 Å². The molecular formula is C19H19F4N5OS. The maximum atomic E-state index is 13.0. The predicted molar refractivity (Wildman–Crippen MR) is 106 cm³/mol. The van der Waals surface area contributed by atoms with Crippen LogP contribution in [0, 0.1) is 5.82 Å². The van der Waals surface area contributed by atoms with Crippen molar-refractivity contribution in [2.24, 2.45) is 4.99 Å². The molecule has 160 valence electrons. The highest BCUT2D eigenvalue weighted by Crippen LogP contribution is 2.30. The number of hydrogen-bond donors (Lipinski definition) is 2. The average molecular weight is 441 g/mol. The highest BCUT2D eigenvalue weighted by atomic mass is 32.1. The largest absolute Gasteiger partial charge is 0.444 e. The van der Waals surface area contributed by atoms with Gasteiger partial charge in [-0.1, -0.05) is 0 Å². The number of rotatable bonds is 7. The smallest absolute Gasteiger partial charge is 0.434 e. The van der Waals surface area contributed by atoms with Crippen LogP contribution < -0.4 is 10.6 Å². The van der Waals surface area contributed by atoms with Crippen LogP contribution in [0.4, 0.5) is 17.6 Å². The van der Waals surface area contributed by atoms with E-state index in [9.17, 15) is 17.6 Å². The van der Waals surface area contributed by atoms with Gasteiger partial charge >= 0.3 is 6.18 Å². The summed E-state index contributed by atoms with van der Waals surface area (Å²) in [5, 5.41) is 7.55. The summed E-state index contributed by atoms with van der Waals surface area (Å²) in [6.07, 6.45) is -1.96. The molecular weight excluding hydrogens is 422 g/mol. The zero-order valence-corrected chi connectivity index (χ0v) is 16.8. The van der Waals surface area contributed by atoms with Crippen LogP contribution in [0.15, 0.2) is 45.3 Å². The third kappa shape index (κ3) is 6.02. The fourth-order valence-corrected chi connectivity index (χ4v) is 3.33. The van der Waals surface area contributed by atoms with Gasteiger partial charge in [-0.3, -0.25) is 4.99 Å². The van der Waals surface area contributed by atoms with Crippen LogP contribution in [-0.2, 0) is 19.0 Å². The van der Waals surface area contributed by atoms with Crippen LogP contribution in [0.25, 0.3) is 11.5 Å². The number of aliphatic imine (C=N–C) groups is 1. The molecule has 0 amide bonds. The van der Waals surface area contributed by atoms with Crippen molar-refractivity contribution >= 4 is 17.3 Å². The molecule has 0 atom stereocenters. The molecule has 0 saturated heterocycles. The molecule has 0 radical (unpaired) electrons. The first-order valence-corrected chi connectivity index (χ1v) is 9.89. The molecule has 0 aliphatic rings. The Hall–Kier alpha value is -2.95. The molecule has 0 spiro atoms. The van der Waals surface area contributed by atoms with Crippen LogP contribution in [0.2, 0.25) is 0 Å². The van der Waals surface area contributed by atoms with E-state index >= 15 is 0 Å². The first-order chi connectivity index (χ1) is 14.3. The number of halogens is 4. The predicted octanol–water partition coefficient (Wildman–Crippen LogP) is 3.91. The molecule has 30 heavy (non-hydrogen) atoms. The van der Waals surface area contributed by atoms with Gasteiger partial charge in [0.15, 0.2) is 11.7 Å². The van der Waals surface area contributed by atoms with E-state index in [-0.39, 0.29) is 5.82 Å². The second-order valence-corrected chi connectivity index (χ2v) is 7.14. The maximum Gasteiger partial charge on any atom is 0.434 e. The molecule has 2 aromatic heterocycles. The van der Waals surface area contributed by atoms with Crippen LogP contribution >= 0.6 is 11.3 Å². The van der Waals surface area contributed by atoms with Crippen molar-refractivity contribution in [1.82, 2.24) is 20.6 Å². The molecule has 3 aromatic rings. The highest BCUT2D eigenvalue weighted by molar-refractivity contribution is 7.09. The van der Waals surface area contributed by atoms with Gasteiger partial charge in [0, 0.05) is 43.9 Å². The Morgan fingerprint density at radius 2 is 1.80 bits per heavy atom. The van der Waals surface area contributed by atoms with Crippen molar-refractivity contribution in [3.8, 4) is 11.5 Å². The first-order valence-electron chi connectivity index (χ1n) is 9.01. The van der Waals surface area contributed by atoms with Crippen molar-refractivity contribution in [1.29, 1.82) is 0 Å². The van der Waals surface area contributed by atoms with Crippen LogP contribution in [0.1, 0.15) is 16.4 Å². The number of benzene rings is 1. The van der Waals surface area contributed by atoms with E-state index < -0.39 is 11.9 Å². The summed E-state index contributed by atoms with van der Waals surface area (Å²) in [6, 6.07) is 5.86. The first kappa shape index (κ1) is 21.8. The molecule has 2 heterocycles. The quantitative estimate of drug-likeness (QED) is 0.330. The minimum Gasteiger partial charge on any atom is -0.444 e. The van der Waals surface area contributed by atoms with E-state index in [0.717, 1.165) is 22.4 Å². The number of hydrogen-bond acceptors (Lipinski definition) is 5. The van der Waals surface area contributed by atoms with Gasteiger partial charge < -0.3 is 15.1 Å². The minimum absolute atomic E-state index is 0.329. The normalized spacial score (nSPS) is 12.2. The summed E-state index contributed by atoms with van der Waals surface area (Å²) in [5.41, 5.74) is 0.543. The Morgan fingerprint density at radius 1 is 1.10 bits per heavy atom. The Bertz CT molecular complexity index is 981. The molecule has 0 bridgehead atoms. The summed E-state index contributed by atoms with van der Waals surface area (Å²) in [5.74, 6) is 0.600. The lowest BCUT2D eigenvalue weighted by molar-refractivity contribution is -0.140. The summed E-state index contributed by atoms with van der Waals surface area (Å²) >= 11 is 0.981. The fourth-order valence-electron chi connectivity index (χ4n) is 2.52. The average Bonchev–Trinajstić information content (AvgIpc) is 3.37. The Morgan fingerprint density at radius 3 is 2.43 bits per heavy atom. The number of guanidine groups is 1. The fraction of sp³-hybridized carbons (Fsp3) is 0.316. The summed E-state index contributed by atoms with van der Waals surface area (Å²) in [4.78, 5) is 12.0. The Labute approximate surface area is 174 Å². The zero-order valence-electron chi connectivity index (χ0n) is 16.0. The highest BCUT2D eigenvalue weighted by Gasteiger charge is 2.33. The number of alkyl halides is 3. The van der Waals surface area contributed by atoms with Crippen molar-refractivity contribution in [3.63, 3.8) is 0 Å². The summed E-state index contributed by atoms with van der Waals surface area (Å²) in [6.45, 7) is 0.910.